The van der Waals surface area contributed by atoms with E-state index in [2.05, 4.69) is 10.3 Å². The van der Waals surface area contributed by atoms with E-state index in [-0.39, 0.29) is 18.1 Å². The average Bonchev–Trinajstić information content (AvgIpc) is 3.06. The summed E-state index contributed by atoms with van der Waals surface area (Å²) in [5, 5.41) is 2.85. The van der Waals surface area contributed by atoms with Crippen LogP contribution in [-0.4, -0.2) is 46.3 Å². The van der Waals surface area contributed by atoms with Crippen LogP contribution in [-0.2, 0) is 9.53 Å². The van der Waals surface area contributed by atoms with Gasteiger partial charge in [0.25, 0.3) is 5.91 Å². The number of aliphatic imine (C=N–C) groups is 1. The molecule has 0 saturated carbocycles. The maximum atomic E-state index is 13.2. The summed E-state index contributed by atoms with van der Waals surface area (Å²) in [7, 11) is 0. The molecule has 1 fully saturated rings. The van der Waals surface area contributed by atoms with Crippen molar-refractivity contribution in [2.24, 2.45) is 4.99 Å². The molecule has 0 unspecified atom stereocenters. The van der Waals surface area contributed by atoms with Gasteiger partial charge in [0.05, 0.1) is 18.3 Å². The number of amidine groups is 1. The Balaban J connectivity index is 1.68. The number of benzene rings is 2. The highest BCUT2D eigenvalue weighted by molar-refractivity contribution is 7.80. The number of hydrogen-bond acceptors (Lipinski definition) is 5. The highest BCUT2D eigenvalue weighted by Crippen LogP contribution is 2.32. The van der Waals surface area contributed by atoms with Crippen LogP contribution >= 0.6 is 12.2 Å². The van der Waals surface area contributed by atoms with E-state index in [1.807, 2.05) is 29.2 Å². The van der Waals surface area contributed by atoms with Crippen molar-refractivity contribution in [2.75, 3.05) is 6.54 Å². The molecule has 2 aliphatic rings. The molecule has 8 heteroatoms. The van der Waals surface area contributed by atoms with Crippen LogP contribution in [0.5, 0.6) is 0 Å². The van der Waals surface area contributed by atoms with E-state index in [0.29, 0.717) is 35.0 Å². The van der Waals surface area contributed by atoms with Crippen molar-refractivity contribution >= 4 is 40.6 Å². The van der Waals surface area contributed by atoms with Gasteiger partial charge >= 0.3 is 5.97 Å². The lowest BCUT2D eigenvalue weighted by molar-refractivity contribution is -0.145. The summed E-state index contributed by atoms with van der Waals surface area (Å²) in [6, 6.07) is 12.4. The van der Waals surface area contributed by atoms with Gasteiger partial charge in [-0.2, -0.15) is 0 Å². The summed E-state index contributed by atoms with van der Waals surface area (Å²) in [5.74, 6) is -0.766. The minimum atomic E-state index is -0.418. The van der Waals surface area contributed by atoms with E-state index in [4.69, 9.17) is 17.0 Å². The van der Waals surface area contributed by atoms with Crippen molar-refractivity contribution in [1.82, 2.24) is 10.2 Å². The predicted molar refractivity (Wildman–Crippen MR) is 110 cm³/mol. The Morgan fingerprint density at radius 2 is 1.93 bits per heavy atom. The molecule has 2 aromatic carbocycles. The number of halogens is 1. The average molecular weight is 411 g/mol. The number of carbonyl (C=O) groups is 2. The lowest BCUT2D eigenvalue weighted by Crippen LogP contribution is -2.46. The summed E-state index contributed by atoms with van der Waals surface area (Å²) in [5.41, 5.74) is 1.75. The van der Waals surface area contributed by atoms with Gasteiger partial charge in [0.1, 0.15) is 22.7 Å². The highest BCUT2D eigenvalue weighted by Gasteiger charge is 2.41. The molecule has 0 spiro atoms. The summed E-state index contributed by atoms with van der Waals surface area (Å²) in [6.45, 7) is 1.78. The number of nitrogens with zero attached hydrogens (tertiary/aromatic N) is 2. The normalized spacial score (nSPS) is 20.3. The minimum absolute atomic E-state index is 0.315. The van der Waals surface area contributed by atoms with Gasteiger partial charge < -0.3 is 15.0 Å². The maximum absolute atomic E-state index is 13.2. The van der Waals surface area contributed by atoms with Crippen LogP contribution in [0, 0.1) is 5.82 Å². The number of amides is 1. The monoisotopic (exact) mass is 411 g/mol. The lowest BCUT2D eigenvalue weighted by atomic mass is 10.1. The van der Waals surface area contributed by atoms with Gasteiger partial charge in [-0.25, -0.2) is 9.38 Å². The van der Waals surface area contributed by atoms with Crippen LogP contribution < -0.4 is 5.32 Å². The molecule has 2 aromatic rings. The predicted octanol–water partition coefficient (Wildman–Crippen LogP) is 2.98. The zero-order chi connectivity index (χ0) is 20.5. The number of fused-ring (bicyclic) bond motifs is 2. The van der Waals surface area contributed by atoms with Crippen LogP contribution in [0.4, 0.5) is 10.1 Å². The fraction of sp³-hybridized carbons (Fsp3) is 0.238. The van der Waals surface area contributed by atoms with Crippen molar-refractivity contribution < 1.29 is 18.7 Å². The van der Waals surface area contributed by atoms with E-state index in [1.165, 1.54) is 31.2 Å². The third kappa shape index (κ3) is 3.88. The van der Waals surface area contributed by atoms with Crippen molar-refractivity contribution in [2.45, 2.75) is 25.5 Å². The van der Waals surface area contributed by atoms with Crippen LogP contribution in [0.2, 0.25) is 0 Å². The molecule has 2 aliphatic heterocycles. The molecule has 2 atom stereocenters. The SMILES string of the molecule is CC(=O)O[C@@H]1C[C@H]2C(NC(=O)c3ccc(F)cc3)=Nc3ccccc3C(=S)N2C1. The summed E-state index contributed by atoms with van der Waals surface area (Å²) in [4.78, 5) is 31.3. The molecule has 4 rings (SSSR count). The highest BCUT2D eigenvalue weighted by atomic mass is 32.1. The Bertz CT molecular complexity index is 1020. The van der Waals surface area contributed by atoms with E-state index < -0.39 is 11.7 Å². The lowest BCUT2D eigenvalue weighted by Gasteiger charge is -2.25. The van der Waals surface area contributed by atoms with E-state index in [9.17, 15) is 14.0 Å². The molecule has 0 radical (unpaired) electrons. The first-order chi connectivity index (χ1) is 13.9. The molecule has 0 bridgehead atoms. The first-order valence-electron chi connectivity index (χ1n) is 9.15. The minimum Gasteiger partial charge on any atom is -0.461 e. The number of ether oxygens (including phenoxy) is 1. The van der Waals surface area contributed by atoms with Crippen LogP contribution in [0.1, 0.15) is 29.3 Å². The molecule has 148 valence electrons. The smallest absolute Gasteiger partial charge is 0.302 e. The third-order valence-electron chi connectivity index (χ3n) is 4.90. The van der Waals surface area contributed by atoms with Crippen LogP contribution in [0.15, 0.2) is 53.5 Å². The number of carbonyl (C=O) groups excluding carboxylic acids is 2. The summed E-state index contributed by atoms with van der Waals surface area (Å²) < 4.78 is 18.6. The van der Waals surface area contributed by atoms with Gasteiger partial charge in [-0.3, -0.25) is 9.59 Å². The fourth-order valence-electron chi connectivity index (χ4n) is 3.61. The standard InChI is InChI=1S/C21H18FN3O3S/c1-12(26)28-15-10-18-19(24-20(27)13-6-8-14(22)9-7-13)23-17-5-3-2-4-16(17)21(29)25(18)11-15/h2-9,15,18H,10-11H2,1H3,(H,23,24,27)/t15-,18+/m1/s1. The first-order valence-corrected chi connectivity index (χ1v) is 9.56. The van der Waals surface area contributed by atoms with Gasteiger partial charge in [0.2, 0.25) is 0 Å². The summed E-state index contributed by atoms with van der Waals surface area (Å²) in [6.07, 6.45) is 0.101. The van der Waals surface area contributed by atoms with Gasteiger partial charge in [-0.05, 0) is 36.4 Å². The Morgan fingerprint density at radius 3 is 2.66 bits per heavy atom. The fourth-order valence-corrected chi connectivity index (χ4v) is 3.99. The molecular weight excluding hydrogens is 393 g/mol. The Kier molecular flexibility index (Phi) is 5.10. The quantitative estimate of drug-likeness (QED) is 0.608. The number of thiocarbonyl (C=S) groups is 1. The van der Waals surface area contributed by atoms with Crippen molar-refractivity contribution in [3.8, 4) is 0 Å². The van der Waals surface area contributed by atoms with Crippen LogP contribution in [0.3, 0.4) is 0 Å². The molecule has 1 saturated heterocycles. The third-order valence-corrected chi connectivity index (χ3v) is 5.35. The van der Waals surface area contributed by atoms with Gasteiger partial charge in [-0.15, -0.1) is 0 Å². The van der Waals surface area contributed by atoms with Gasteiger partial charge in [-0.1, -0.05) is 24.4 Å². The Labute approximate surface area is 172 Å². The molecule has 29 heavy (non-hydrogen) atoms. The van der Waals surface area contributed by atoms with Crippen molar-refractivity contribution in [3.63, 3.8) is 0 Å². The van der Waals surface area contributed by atoms with E-state index in [0.717, 1.165) is 5.56 Å². The molecular formula is C21H18FN3O3S. The molecule has 0 aliphatic carbocycles. The Hall–Kier alpha value is -3.13. The van der Waals surface area contributed by atoms with Crippen LogP contribution in [0.25, 0.3) is 0 Å². The Morgan fingerprint density at radius 1 is 1.21 bits per heavy atom. The number of esters is 1. The molecule has 1 amide bonds. The molecule has 0 aromatic heterocycles. The number of nitrogens with one attached hydrogen (secondary N) is 1. The van der Waals surface area contributed by atoms with Crippen molar-refractivity contribution in [3.05, 3.63) is 65.5 Å². The number of para-hydroxylation sites is 1. The second-order valence-electron chi connectivity index (χ2n) is 6.92. The molecule has 6 nitrogen and oxygen atoms in total. The van der Waals surface area contributed by atoms with Gasteiger partial charge in [0, 0.05) is 24.5 Å². The zero-order valence-corrected chi connectivity index (χ0v) is 16.4. The largest absolute Gasteiger partial charge is 0.461 e. The van der Waals surface area contributed by atoms with Gasteiger partial charge in [0.15, 0.2) is 0 Å². The summed E-state index contributed by atoms with van der Waals surface area (Å²) >= 11 is 5.68. The van der Waals surface area contributed by atoms with E-state index in [1.54, 1.807) is 0 Å². The molecule has 2 heterocycles. The topological polar surface area (TPSA) is 71.0 Å². The van der Waals surface area contributed by atoms with Crippen molar-refractivity contribution in [1.29, 1.82) is 0 Å². The first kappa shape index (κ1) is 19.2. The number of hydrogen-bond donors (Lipinski definition) is 1. The number of rotatable bonds is 2. The zero-order valence-electron chi connectivity index (χ0n) is 15.6. The van der Waals surface area contributed by atoms with E-state index >= 15 is 0 Å². The molecule has 1 N–H and O–H groups in total. The second kappa shape index (κ2) is 7.71. The maximum Gasteiger partial charge on any atom is 0.302 e. The second-order valence-corrected chi connectivity index (χ2v) is 7.30.